The van der Waals surface area contributed by atoms with E-state index in [4.69, 9.17) is 4.74 Å². The molecule has 3 aromatic rings. The van der Waals surface area contributed by atoms with Crippen molar-refractivity contribution in [3.63, 3.8) is 0 Å². The molecule has 0 N–H and O–H groups in total. The molecule has 0 saturated carbocycles. The largest absolute Gasteiger partial charge is 0.497 e. The Balaban J connectivity index is 2.11. The van der Waals surface area contributed by atoms with E-state index in [1.54, 1.807) is 18.4 Å². The van der Waals surface area contributed by atoms with Gasteiger partial charge in [-0.15, -0.1) is 11.3 Å². The van der Waals surface area contributed by atoms with E-state index in [0.717, 1.165) is 33.3 Å². The van der Waals surface area contributed by atoms with Crippen molar-refractivity contribution < 1.29 is 4.74 Å². The van der Waals surface area contributed by atoms with E-state index in [9.17, 15) is 0 Å². The van der Waals surface area contributed by atoms with Crippen molar-refractivity contribution in [1.82, 2.24) is 9.97 Å². The van der Waals surface area contributed by atoms with Crippen molar-refractivity contribution in [2.24, 2.45) is 0 Å². The number of ether oxygens (including phenoxy) is 1. The zero-order chi connectivity index (χ0) is 14.1. The van der Waals surface area contributed by atoms with Gasteiger partial charge in [0.25, 0.3) is 0 Å². The summed E-state index contributed by atoms with van der Waals surface area (Å²) in [6.45, 7) is 1.92. The standard InChI is InChI=1S/C15H15N3OS/c1-10-16-13-7-8-20-14(13)15(17-10)18(2)11-5-4-6-12(9-11)19-3/h4-9H,1-3H3. The predicted octanol–water partition coefficient (Wildman–Crippen LogP) is 3.78. The fourth-order valence-electron chi connectivity index (χ4n) is 2.13. The summed E-state index contributed by atoms with van der Waals surface area (Å²) in [6.07, 6.45) is 0. The monoisotopic (exact) mass is 285 g/mol. The Kier molecular flexibility index (Phi) is 3.28. The number of fused-ring (bicyclic) bond motifs is 1. The molecule has 2 heterocycles. The molecular formula is C15H15N3OS. The Morgan fingerprint density at radius 1 is 1.20 bits per heavy atom. The maximum atomic E-state index is 5.28. The van der Waals surface area contributed by atoms with E-state index in [1.807, 2.05) is 49.7 Å². The number of aryl methyl sites for hydroxylation is 1. The molecule has 0 saturated heterocycles. The van der Waals surface area contributed by atoms with Crippen LogP contribution in [-0.2, 0) is 0 Å². The third kappa shape index (κ3) is 2.20. The molecule has 5 heteroatoms. The minimum Gasteiger partial charge on any atom is -0.497 e. The summed E-state index contributed by atoms with van der Waals surface area (Å²) in [4.78, 5) is 11.1. The van der Waals surface area contributed by atoms with Gasteiger partial charge in [0.2, 0.25) is 0 Å². The van der Waals surface area contributed by atoms with Gasteiger partial charge in [0.15, 0.2) is 5.82 Å². The molecular weight excluding hydrogens is 270 g/mol. The molecule has 102 valence electrons. The molecule has 0 unspecified atom stereocenters. The number of thiophene rings is 1. The summed E-state index contributed by atoms with van der Waals surface area (Å²) < 4.78 is 6.38. The van der Waals surface area contributed by atoms with E-state index in [1.165, 1.54) is 0 Å². The van der Waals surface area contributed by atoms with Crippen molar-refractivity contribution in [3.05, 3.63) is 41.5 Å². The van der Waals surface area contributed by atoms with E-state index < -0.39 is 0 Å². The Labute approximate surface area is 121 Å². The summed E-state index contributed by atoms with van der Waals surface area (Å²) in [5.41, 5.74) is 2.03. The maximum absolute atomic E-state index is 5.28. The van der Waals surface area contributed by atoms with Gasteiger partial charge in [-0.25, -0.2) is 9.97 Å². The molecule has 0 bridgehead atoms. The molecule has 2 aromatic heterocycles. The molecule has 20 heavy (non-hydrogen) atoms. The van der Waals surface area contributed by atoms with Gasteiger partial charge >= 0.3 is 0 Å². The second-order valence-corrected chi connectivity index (χ2v) is 5.41. The number of anilines is 2. The molecule has 0 aliphatic rings. The van der Waals surface area contributed by atoms with Crippen molar-refractivity contribution in [3.8, 4) is 5.75 Å². The number of hydrogen-bond donors (Lipinski definition) is 0. The van der Waals surface area contributed by atoms with Crippen LogP contribution in [0.1, 0.15) is 5.82 Å². The second kappa shape index (κ2) is 5.09. The molecule has 0 radical (unpaired) electrons. The average molecular weight is 285 g/mol. The normalized spacial score (nSPS) is 10.8. The van der Waals surface area contributed by atoms with Crippen molar-refractivity contribution in [2.45, 2.75) is 6.92 Å². The fourth-order valence-corrected chi connectivity index (χ4v) is 2.99. The van der Waals surface area contributed by atoms with Gasteiger partial charge < -0.3 is 9.64 Å². The van der Waals surface area contributed by atoms with Gasteiger partial charge in [0, 0.05) is 18.8 Å². The number of rotatable bonds is 3. The van der Waals surface area contributed by atoms with E-state index in [2.05, 4.69) is 14.9 Å². The SMILES string of the molecule is COc1cccc(N(C)c2nc(C)nc3ccsc23)c1. The quantitative estimate of drug-likeness (QED) is 0.734. The number of aromatic nitrogens is 2. The number of methoxy groups -OCH3 is 1. The summed E-state index contributed by atoms with van der Waals surface area (Å²) in [5.74, 6) is 2.54. The third-order valence-electron chi connectivity index (χ3n) is 3.16. The summed E-state index contributed by atoms with van der Waals surface area (Å²) >= 11 is 1.66. The lowest BCUT2D eigenvalue weighted by atomic mass is 10.2. The van der Waals surface area contributed by atoms with Crippen LogP contribution in [-0.4, -0.2) is 24.1 Å². The summed E-state index contributed by atoms with van der Waals surface area (Å²) in [6, 6.07) is 9.97. The lowest BCUT2D eigenvalue weighted by Crippen LogP contribution is -2.12. The van der Waals surface area contributed by atoms with Crippen molar-refractivity contribution >= 4 is 33.1 Å². The van der Waals surface area contributed by atoms with Gasteiger partial charge in [0.05, 0.1) is 17.3 Å². The molecule has 0 atom stereocenters. The Hall–Kier alpha value is -2.14. The average Bonchev–Trinajstić information content (AvgIpc) is 2.93. The molecule has 3 rings (SSSR count). The van der Waals surface area contributed by atoms with Crippen molar-refractivity contribution in [2.75, 3.05) is 19.1 Å². The minimum atomic E-state index is 0.778. The molecule has 0 aliphatic carbocycles. The highest BCUT2D eigenvalue weighted by molar-refractivity contribution is 7.17. The van der Waals surface area contributed by atoms with Crippen LogP contribution in [0.3, 0.4) is 0 Å². The lowest BCUT2D eigenvalue weighted by molar-refractivity contribution is 0.415. The van der Waals surface area contributed by atoms with Crippen molar-refractivity contribution in [1.29, 1.82) is 0 Å². The minimum absolute atomic E-state index is 0.778. The first-order valence-electron chi connectivity index (χ1n) is 6.28. The van der Waals surface area contributed by atoms with E-state index >= 15 is 0 Å². The fraction of sp³-hybridized carbons (Fsp3) is 0.200. The topological polar surface area (TPSA) is 38.2 Å². The molecule has 1 aromatic carbocycles. The molecule has 4 nitrogen and oxygen atoms in total. The molecule has 0 amide bonds. The van der Waals surface area contributed by atoms with Gasteiger partial charge in [-0.05, 0) is 30.5 Å². The zero-order valence-electron chi connectivity index (χ0n) is 11.6. The van der Waals surface area contributed by atoms with Gasteiger partial charge in [-0.1, -0.05) is 6.07 Å². The first-order valence-corrected chi connectivity index (χ1v) is 7.16. The summed E-state index contributed by atoms with van der Waals surface area (Å²) in [7, 11) is 3.68. The van der Waals surface area contributed by atoms with Gasteiger partial charge in [0.1, 0.15) is 11.6 Å². The highest BCUT2D eigenvalue weighted by atomic mass is 32.1. The highest BCUT2D eigenvalue weighted by Crippen LogP contribution is 2.33. The smallest absolute Gasteiger partial charge is 0.154 e. The second-order valence-electron chi connectivity index (χ2n) is 4.49. The number of hydrogen-bond acceptors (Lipinski definition) is 5. The van der Waals surface area contributed by atoms with Crippen LogP contribution in [0, 0.1) is 6.92 Å². The van der Waals surface area contributed by atoms with Crippen LogP contribution in [0.4, 0.5) is 11.5 Å². The van der Waals surface area contributed by atoms with Gasteiger partial charge in [-0.3, -0.25) is 0 Å². The molecule has 0 fully saturated rings. The van der Waals surface area contributed by atoms with Gasteiger partial charge in [-0.2, -0.15) is 0 Å². The number of benzene rings is 1. The van der Waals surface area contributed by atoms with Crippen LogP contribution in [0.2, 0.25) is 0 Å². The zero-order valence-corrected chi connectivity index (χ0v) is 12.4. The van der Waals surface area contributed by atoms with Crippen LogP contribution in [0.5, 0.6) is 5.75 Å². The first-order chi connectivity index (χ1) is 9.69. The predicted molar refractivity (Wildman–Crippen MR) is 83.2 cm³/mol. The first kappa shape index (κ1) is 12.9. The molecule has 0 aliphatic heterocycles. The maximum Gasteiger partial charge on any atom is 0.154 e. The summed E-state index contributed by atoms with van der Waals surface area (Å²) in [5, 5.41) is 2.04. The highest BCUT2D eigenvalue weighted by Gasteiger charge is 2.13. The van der Waals surface area contributed by atoms with Crippen LogP contribution >= 0.6 is 11.3 Å². The Morgan fingerprint density at radius 2 is 2.05 bits per heavy atom. The Bertz CT molecular complexity index is 754. The van der Waals surface area contributed by atoms with Crippen LogP contribution < -0.4 is 9.64 Å². The third-order valence-corrected chi connectivity index (χ3v) is 4.06. The number of nitrogens with zero attached hydrogens (tertiary/aromatic N) is 3. The van der Waals surface area contributed by atoms with Crippen LogP contribution in [0.25, 0.3) is 10.2 Å². The lowest BCUT2D eigenvalue weighted by Gasteiger charge is -2.19. The van der Waals surface area contributed by atoms with E-state index in [-0.39, 0.29) is 0 Å². The van der Waals surface area contributed by atoms with Crippen LogP contribution in [0.15, 0.2) is 35.7 Å². The van der Waals surface area contributed by atoms with E-state index in [0.29, 0.717) is 0 Å². The Morgan fingerprint density at radius 3 is 2.85 bits per heavy atom. The molecule has 0 spiro atoms.